The van der Waals surface area contributed by atoms with E-state index in [-0.39, 0.29) is 11.8 Å². The molecule has 5 heteroatoms. The van der Waals surface area contributed by atoms with Crippen LogP contribution in [0.5, 0.6) is 0 Å². The second-order valence-electron chi connectivity index (χ2n) is 6.00. The van der Waals surface area contributed by atoms with Crippen LogP contribution >= 0.6 is 27.5 Å². The number of amides is 2. The summed E-state index contributed by atoms with van der Waals surface area (Å²) in [7, 11) is 0. The molecule has 0 aromatic heterocycles. The first-order chi connectivity index (χ1) is 10.0. The molecule has 1 saturated heterocycles. The van der Waals surface area contributed by atoms with Crippen LogP contribution in [0.2, 0.25) is 5.02 Å². The number of halogens is 2. The Hall–Kier alpha value is -0.870. The van der Waals surface area contributed by atoms with Crippen molar-refractivity contribution in [3.63, 3.8) is 0 Å². The van der Waals surface area contributed by atoms with Crippen molar-refractivity contribution in [2.45, 2.75) is 44.9 Å². The number of carbonyl (C=O) groups is 2. The Morgan fingerprint density at radius 1 is 1.10 bits per heavy atom. The minimum absolute atomic E-state index is 0.0607. The van der Waals surface area contributed by atoms with Gasteiger partial charge in [0.2, 0.25) is 11.8 Å². The summed E-state index contributed by atoms with van der Waals surface area (Å²) in [4.78, 5) is 26.7. The number of anilines is 1. The van der Waals surface area contributed by atoms with Gasteiger partial charge in [-0.3, -0.25) is 9.59 Å². The van der Waals surface area contributed by atoms with Crippen molar-refractivity contribution in [1.29, 1.82) is 0 Å². The standard InChI is InChI=1S/C16H17BrClNO2/c17-11-5-6-12(18)13(9-11)19-14(20)10-16(15(19)21)7-3-1-2-4-8-16/h5-6,9H,1-4,7-8,10H2. The maximum atomic E-state index is 12.9. The number of hydrogen-bond donors (Lipinski definition) is 0. The van der Waals surface area contributed by atoms with Crippen molar-refractivity contribution in [3.8, 4) is 0 Å². The van der Waals surface area contributed by atoms with E-state index < -0.39 is 5.41 Å². The van der Waals surface area contributed by atoms with Gasteiger partial charge in [-0.05, 0) is 31.0 Å². The van der Waals surface area contributed by atoms with Crippen LogP contribution in [0.3, 0.4) is 0 Å². The Labute approximate surface area is 137 Å². The quantitative estimate of drug-likeness (QED) is 0.672. The molecule has 0 radical (unpaired) electrons. The third-order valence-corrected chi connectivity index (χ3v) is 5.42. The molecule has 3 rings (SSSR count). The van der Waals surface area contributed by atoms with Crippen molar-refractivity contribution in [1.82, 2.24) is 0 Å². The minimum Gasteiger partial charge on any atom is -0.274 e. The second-order valence-corrected chi connectivity index (χ2v) is 7.32. The maximum Gasteiger partial charge on any atom is 0.240 e. The first kappa shape index (κ1) is 15.0. The molecule has 1 aromatic carbocycles. The van der Waals surface area contributed by atoms with Crippen molar-refractivity contribution in [3.05, 3.63) is 27.7 Å². The summed E-state index contributed by atoms with van der Waals surface area (Å²) in [6.45, 7) is 0. The highest BCUT2D eigenvalue weighted by molar-refractivity contribution is 9.10. The van der Waals surface area contributed by atoms with Gasteiger partial charge >= 0.3 is 0 Å². The Kier molecular flexibility index (Phi) is 4.10. The van der Waals surface area contributed by atoms with E-state index in [4.69, 9.17) is 11.6 Å². The van der Waals surface area contributed by atoms with Crippen LogP contribution in [0.25, 0.3) is 0 Å². The molecule has 0 unspecified atom stereocenters. The van der Waals surface area contributed by atoms with E-state index in [1.54, 1.807) is 18.2 Å². The molecule has 3 nitrogen and oxygen atoms in total. The molecule has 0 atom stereocenters. The van der Waals surface area contributed by atoms with E-state index in [1.165, 1.54) is 4.90 Å². The predicted molar refractivity (Wildman–Crippen MR) is 86.4 cm³/mol. The summed E-state index contributed by atoms with van der Waals surface area (Å²) < 4.78 is 0.810. The highest BCUT2D eigenvalue weighted by atomic mass is 79.9. The summed E-state index contributed by atoms with van der Waals surface area (Å²) in [5.41, 5.74) is 0.0151. The summed E-state index contributed by atoms with van der Waals surface area (Å²) in [5, 5.41) is 0.436. The van der Waals surface area contributed by atoms with Crippen molar-refractivity contribution in [2.75, 3.05) is 4.90 Å². The van der Waals surface area contributed by atoms with E-state index in [9.17, 15) is 9.59 Å². The van der Waals surface area contributed by atoms with Crippen molar-refractivity contribution < 1.29 is 9.59 Å². The van der Waals surface area contributed by atoms with Gasteiger partial charge in [-0.1, -0.05) is 53.2 Å². The van der Waals surface area contributed by atoms with Gasteiger partial charge in [0.1, 0.15) is 0 Å². The van der Waals surface area contributed by atoms with Crippen molar-refractivity contribution in [2.24, 2.45) is 5.41 Å². The summed E-state index contributed by atoms with van der Waals surface area (Å²) in [6.07, 6.45) is 6.33. The van der Waals surface area contributed by atoms with Gasteiger partial charge in [-0.15, -0.1) is 0 Å². The lowest BCUT2D eigenvalue weighted by molar-refractivity contribution is -0.126. The molecule has 1 heterocycles. The maximum absolute atomic E-state index is 12.9. The molecule has 2 fully saturated rings. The van der Waals surface area contributed by atoms with Crippen LogP contribution in [-0.2, 0) is 9.59 Å². The average Bonchev–Trinajstić information content (AvgIpc) is 2.61. The van der Waals surface area contributed by atoms with Gasteiger partial charge in [0.05, 0.1) is 16.1 Å². The van der Waals surface area contributed by atoms with Crippen LogP contribution in [-0.4, -0.2) is 11.8 Å². The molecule has 2 aliphatic rings. The Bertz CT molecular complexity index is 594. The van der Waals surface area contributed by atoms with Gasteiger partial charge in [0.15, 0.2) is 0 Å². The normalized spacial score (nSPS) is 21.9. The van der Waals surface area contributed by atoms with Gasteiger partial charge < -0.3 is 0 Å². The SMILES string of the molecule is O=C1CC2(CCCCCC2)C(=O)N1c1cc(Br)ccc1Cl. The van der Waals surface area contributed by atoms with E-state index in [0.29, 0.717) is 17.1 Å². The van der Waals surface area contributed by atoms with Crippen LogP contribution < -0.4 is 4.90 Å². The summed E-state index contributed by atoms with van der Waals surface area (Å²) in [6, 6.07) is 5.26. The number of nitrogens with zero attached hydrogens (tertiary/aromatic N) is 1. The highest BCUT2D eigenvalue weighted by Gasteiger charge is 2.51. The summed E-state index contributed by atoms with van der Waals surface area (Å²) >= 11 is 9.57. The topological polar surface area (TPSA) is 37.4 Å². The van der Waals surface area contributed by atoms with Crippen LogP contribution in [0, 0.1) is 5.41 Å². The second kappa shape index (κ2) is 5.73. The number of carbonyl (C=O) groups excluding carboxylic acids is 2. The zero-order valence-electron chi connectivity index (χ0n) is 11.7. The Balaban J connectivity index is 1.99. The zero-order valence-corrected chi connectivity index (χ0v) is 14.0. The Morgan fingerprint density at radius 3 is 2.43 bits per heavy atom. The molecule has 1 aliphatic heterocycles. The number of hydrogen-bond acceptors (Lipinski definition) is 2. The monoisotopic (exact) mass is 369 g/mol. The molecule has 2 amide bonds. The fraction of sp³-hybridized carbons (Fsp3) is 0.500. The molecule has 1 saturated carbocycles. The van der Waals surface area contributed by atoms with E-state index in [0.717, 1.165) is 43.0 Å². The van der Waals surface area contributed by atoms with E-state index in [2.05, 4.69) is 15.9 Å². The fourth-order valence-electron chi connectivity index (χ4n) is 3.49. The van der Waals surface area contributed by atoms with Gasteiger partial charge in [-0.25, -0.2) is 4.90 Å². The lowest BCUT2D eigenvalue weighted by atomic mass is 9.79. The zero-order chi connectivity index (χ0) is 15.0. The molecule has 1 spiro atoms. The largest absolute Gasteiger partial charge is 0.274 e. The van der Waals surface area contributed by atoms with Crippen LogP contribution in [0.4, 0.5) is 5.69 Å². The highest BCUT2D eigenvalue weighted by Crippen LogP contribution is 2.46. The molecule has 1 aliphatic carbocycles. The molecule has 21 heavy (non-hydrogen) atoms. The smallest absolute Gasteiger partial charge is 0.240 e. The van der Waals surface area contributed by atoms with Gasteiger partial charge in [-0.2, -0.15) is 0 Å². The average molecular weight is 371 g/mol. The molecule has 1 aromatic rings. The lowest BCUT2D eigenvalue weighted by Crippen LogP contribution is -2.35. The molecule has 0 bridgehead atoms. The van der Waals surface area contributed by atoms with E-state index in [1.807, 2.05) is 0 Å². The first-order valence-electron chi connectivity index (χ1n) is 7.36. The van der Waals surface area contributed by atoms with Gasteiger partial charge in [0, 0.05) is 10.9 Å². The fourth-order valence-corrected chi connectivity index (χ4v) is 4.04. The first-order valence-corrected chi connectivity index (χ1v) is 8.53. The summed E-state index contributed by atoms with van der Waals surface area (Å²) in [5.74, 6) is -0.184. The molecular weight excluding hydrogens is 354 g/mol. The predicted octanol–water partition coefficient (Wildman–Crippen LogP) is 4.71. The molecule has 112 valence electrons. The third-order valence-electron chi connectivity index (χ3n) is 4.61. The minimum atomic E-state index is -0.487. The Morgan fingerprint density at radius 2 is 1.76 bits per heavy atom. The van der Waals surface area contributed by atoms with Crippen LogP contribution in [0.1, 0.15) is 44.9 Å². The molecular formula is C16H17BrClNO2. The number of imide groups is 1. The lowest BCUT2D eigenvalue weighted by Gasteiger charge is -2.25. The van der Waals surface area contributed by atoms with E-state index >= 15 is 0 Å². The van der Waals surface area contributed by atoms with Crippen LogP contribution in [0.15, 0.2) is 22.7 Å². The molecule has 0 N–H and O–H groups in total. The van der Waals surface area contributed by atoms with Crippen molar-refractivity contribution >= 4 is 45.0 Å². The third kappa shape index (κ3) is 2.64. The van der Waals surface area contributed by atoms with Gasteiger partial charge in [0.25, 0.3) is 0 Å². The number of rotatable bonds is 1. The number of benzene rings is 1.